The summed E-state index contributed by atoms with van der Waals surface area (Å²) in [6.07, 6.45) is 2.29. The van der Waals surface area contributed by atoms with Crippen molar-refractivity contribution >= 4 is 35.4 Å². The average Bonchev–Trinajstić information content (AvgIpc) is 3.14. The maximum Gasteiger partial charge on any atom is 0.303 e. The van der Waals surface area contributed by atoms with Crippen LogP contribution < -0.4 is 10.9 Å². The minimum Gasteiger partial charge on any atom is -0.334 e. The Hall–Kier alpha value is -1.54. The molecule has 0 saturated heterocycles. The number of H-pyrrole nitrogens is 1. The Bertz CT molecular complexity index is 668. The molecule has 0 aliphatic heterocycles. The van der Waals surface area contributed by atoms with Crippen LogP contribution in [0.3, 0.4) is 0 Å². The van der Waals surface area contributed by atoms with Crippen LogP contribution in [0.25, 0.3) is 0 Å². The van der Waals surface area contributed by atoms with Crippen LogP contribution in [-0.2, 0) is 0 Å². The number of aromatic amines is 1. The minimum atomic E-state index is -0.618. The normalized spacial score (nSPS) is 14.6. The number of nitrogens with zero attached hydrogens (tertiary/aromatic N) is 3. The van der Waals surface area contributed by atoms with Crippen LogP contribution >= 0.6 is 23.9 Å². The zero-order chi connectivity index (χ0) is 13.4. The highest BCUT2D eigenvalue weighted by Gasteiger charge is 2.25. The second kappa shape index (κ2) is 4.86. The largest absolute Gasteiger partial charge is 0.334 e. The van der Waals surface area contributed by atoms with Gasteiger partial charge in [0.15, 0.2) is 23.3 Å². The van der Waals surface area contributed by atoms with Gasteiger partial charge >= 0.3 is 5.56 Å². The van der Waals surface area contributed by atoms with E-state index in [-0.39, 0.29) is 23.2 Å². The van der Waals surface area contributed by atoms with E-state index >= 15 is 0 Å². The van der Waals surface area contributed by atoms with E-state index in [4.69, 9.17) is 11.6 Å². The van der Waals surface area contributed by atoms with Gasteiger partial charge < -0.3 is 5.32 Å². The van der Waals surface area contributed by atoms with E-state index in [9.17, 15) is 8.68 Å². The van der Waals surface area contributed by atoms with Gasteiger partial charge in [0.1, 0.15) is 5.69 Å². The van der Waals surface area contributed by atoms with Crippen molar-refractivity contribution in [3.8, 4) is 0 Å². The lowest BCUT2D eigenvalue weighted by Gasteiger charge is -2.04. The molecule has 2 aromatic rings. The predicted octanol–water partition coefficient (Wildman–Crippen LogP) is 2.62. The third kappa shape index (κ3) is 2.59. The fraction of sp³-hybridized carbons (Fsp3) is 0.300. The summed E-state index contributed by atoms with van der Waals surface area (Å²) < 4.78 is 13.1. The lowest BCUT2D eigenvalue weighted by Crippen LogP contribution is -2.20. The topological polar surface area (TPSA) is 75.6 Å². The highest BCUT2D eigenvalue weighted by Crippen LogP contribution is 2.39. The molecule has 100 valence electrons. The lowest BCUT2D eigenvalue weighted by atomic mass is 10.3. The predicted molar refractivity (Wildman–Crippen MR) is 71.4 cm³/mol. The highest BCUT2D eigenvalue weighted by atomic mass is 35.5. The third-order valence-corrected chi connectivity index (χ3v) is 3.36. The van der Waals surface area contributed by atoms with Gasteiger partial charge in [0.05, 0.1) is 0 Å². The highest BCUT2D eigenvalue weighted by molar-refractivity contribution is 7.92. The second-order valence-electron chi connectivity index (χ2n) is 4.24. The standard InChI is InChI=1S/C10H9ClFN5OS/c11-8-3-7(10(18)17(16-8)19-12)13-9-4-6(14-15-9)5-1-2-5/h3-5H,1-2H2,(H2,13,14,15). The first kappa shape index (κ1) is 12.5. The molecule has 1 saturated carbocycles. The van der Waals surface area contributed by atoms with Crippen molar-refractivity contribution in [2.24, 2.45) is 0 Å². The molecule has 2 N–H and O–H groups in total. The monoisotopic (exact) mass is 301 g/mol. The molecule has 3 rings (SSSR count). The van der Waals surface area contributed by atoms with Crippen LogP contribution in [0.15, 0.2) is 16.9 Å². The molecule has 19 heavy (non-hydrogen) atoms. The van der Waals surface area contributed by atoms with Crippen LogP contribution in [0.2, 0.25) is 5.15 Å². The summed E-state index contributed by atoms with van der Waals surface area (Å²) in [7, 11) is 0. The van der Waals surface area contributed by atoms with Gasteiger partial charge in [-0.3, -0.25) is 9.89 Å². The van der Waals surface area contributed by atoms with E-state index in [2.05, 4.69) is 20.6 Å². The fourth-order valence-electron chi connectivity index (χ4n) is 1.72. The van der Waals surface area contributed by atoms with Crippen molar-refractivity contribution in [3.05, 3.63) is 33.3 Å². The van der Waals surface area contributed by atoms with E-state index in [0.717, 1.165) is 18.5 Å². The quantitative estimate of drug-likeness (QED) is 0.908. The zero-order valence-electron chi connectivity index (χ0n) is 9.56. The van der Waals surface area contributed by atoms with Crippen molar-refractivity contribution in [2.45, 2.75) is 18.8 Å². The van der Waals surface area contributed by atoms with Crippen LogP contribution in [0.1, 0.15) is 24.5 Å². The first-order chi connectivity index (χ1) is 9.17. The Morgan fingerprint density at radius 1 is 1.53 bits per heavy atom. The van der Waals surface area contributed by atoms with E-state index in [1.165, 1.54) is 6.07 Å². The molecule has 0 unspecified atom stereocenters. The lowest BCUT2D eigenvalue weighted by molar-refractivity contribution is 0.843. The van der Waals surface area contributed by atoms with E-state index in [1.807, 2.05) is 6.07 Å². The Balaban J connectivity index is 1.89. The molecule has 0 spiro atoms. The summed E-state index contributed by atoms with van der Waals surface area (Å²) in [5.74, 6) is 1.03. The van der Waals surface area contributed by atoms with Gasteiger partial charge in [-0.25, -0.2) is 0 Å². The number of aromatic nitrogens is 4. The van der Waals surface area contributed by atoms with Gasteiger partial charge in [-0.2, -0.15) is 5.10 Å². The van der Waals surface area contributed by atoms with Gasteiger partial charge in [0.2, 0.25) is 0 Å². The fourth-order valence-corrected chi connectivity index (χ4v) is 2.23. The van der Waals surface area contributed by atoms with Crippen molar-refractivity contribution in [2.75, 3.05) is 5.32 Å². The first-order valence-electron chi connectivity index (χ1n) is 5.58. The first-order valence-corrected chi connectivity index (χ1v) is 6.64. The molecule has 9 heteroatoms. The molecule has 0 bridgehead atoms. The molecule has 2 heterocycles. The SMILES string of the molecule is O=c1c(Nc2cc(C3CC3)[nH]n2)cc(Cl)nn1SF. The smallest absolute Gasteiger partial charge is 0.303 e. The molecule has 2 aromatic heterocycles. The Kier molecular flexibility index (Phi) is 3.19. The van der Waals surface area contributed by atoms with Gasteiger partial charge in [-0.05, 0) is 12.8 Å². The summed E-state index contributed by atoms with van der Waals surface area (Å²) in [6.45, 7) is 0. The Morgan fingerprint density at radius 2 is 2.32 bits per heavy atom. The van der Waals surface area contributed by atoms with Gasteiger partial charge in [-0.15, -0.1) is 13.1 Å². The molecule has 0 aromatic carbocycles. The number of hydrogen-bond donors (Lipinski definition) is 2. The van der Waals surface area contributed by atoms with Gasteiger partial charge in [0.25, 0.3) is 0 Å². The summed E-state index contributed by atoms with van der Waals surface area (Å²) in [6, 6.07) is 3.17. The van der Waals surface area contributed by atoms with E-state index in [0.29, 0.717) is 15.8 Å². The van der Waals surface area contributed by atoms with E-state index < -0.39 is 5.56 Å². The molecule has 0 atom stereocenters. The third-order valence-electron chi connectivity index (χ3n) is 2.80. The summed E-state index contributed by atoms with van der Waals surface area (Å²) in [5, 5.41) is 13.3. The molecule has 1 fully saturated rings. The number of rotatable bonds is 4. The molecule has 6 nitrogen and oxygen atoms in total. The van der Waals surface area contributed by atoms with E-state index in [1.54, 1.807) is 0 Å². The van der Waals surface area contributed by atoms with Crippen molar-refractivity contribution < 1.29 is 3.89 Å². The number of halogens is 2. The van der Waals surface area contributed by atoms with Crippen molar-refractivity contribution in [3.63, 3.8) is 0 Å². The number of hydrogen-bond acceptors (Lipinski definition) is 5. The van der Waals surface area contributed by atoms with Crippen molar-refractivity contribution in [1.82, 2.24) is 19.4 Å². The average molecular weight is 302 g/mol. The van der Waals surface area contributed by atoms with Gasteiger partial charge in [-0.1, -0.05) is 11.6 Å². The Morgan fingerprint density at radius 3 is 3.00 bits per heavy atom. The van der Waals surface area contributed by atoms with Crippen LogP contribution in [0.4, 0.5) is 15.4 Å². The molecule has 1 aliphatic carbocycles. The maximum atomic E-state index is 12.5. The minimum absolute atomic E-state index is 0.0187. The summed E-state index contributed by atoms with van der Waals surface area (Å²) >= 11 is 5.41. The zero-order valence-corrected chi connectivity index (χ0v) is 11.1. The summed E-state index contributed by atoms with van der Waals surface area (Å²) in [5.41, 5.74) is 0.537. The maximum absolute atomic E-state index is 12.5. The van der Waals surface area contributed by atoms with Crippen molar-refractivity contribution in [1.29, 1.82) is 0 Å². The van der Waals surface area contributed by atoms with Gasteiger partial charge in [0, 0.05) is 23.7 Å². The van der Waals surface area contributed by atoms with Crippen LogP contribution in [0, 0.1) is 0 Å². The molecular formula is C10H9ClFN5OS. The molecule has 0 radical (unpaired) electrons. The second-order valence-corrected chi connectivity index (χ2v) is 5.11. The molecule has 0 amide bonds. The number of nitrogens with one attached hydrogen (secondary N) is 2. The number of anilines is 2. The van der Waals surface area contributed by atoms with Crippen LogP contribution in [-0.4, -0.2) is 19.4 Å². The molecule has 1 aliphatic rings. The summed E-state index contributed by atoms with van der Waals surface area (Å²) in [4.78, 5) is 11.8. The van der Waals surface area contributed by atoms with Crippen LogP contribution in [0.5, 0.6) is 0 Å². The molecular weight excluding hydrogens is 293 g/mol. The Labute approximate surface area is 116 Å².